The van der Waals surface area contributed by atoms with Crippen LogP contribution in [0, 0.1) is 5.92 Å². The fourth-order valence-electron chi connectivity index (χ4n) is 11.4. The van der Waals surface area contributed by atoms with Crippen molar-refractivity contribution in [3.05, 3.63) is 186 Å². The Balaban J connectivity index is 1.06. The maximum Gasteiger partial charge on any atom is 0.264 e. The lowest BCUT2D eigenvalue weighted by Gasteiger charge is -2.37. The van der Waals surface area contributed by atoms with Gasteiger partial charge in [0.25, 0.3) is 5.91 Å². The van der Waals surface area contributed by atoms with Gasteiger partial charge in [0, 0.05) is 50.3 Å². The molecule has 1 saturated heterocycles. The van der Waals surface area contributed by atoms with Gasteiger partial charge in [-0.05, 0) is 70.3 Å². The number of benzene rings is 6. The van der Waals surface area contributed by atoms with E-state index in [9.17, 15) is 19.5 Å². The first-order valence-electron chi connectivity index (χ1n) is 25.1. The molecule has 13 nitrogen and oxygen atoms in total. The van der Waals surface area contributed by atoms with E-state index in [0.717, 1.165) is 44.6 Å². The number of fused-ring (bicyclic) bond motifs is 2. The first-order valence-corrected chi connectivity index (χ1v) is 28.2. The second-order valence-corrected chi connectivity index (χ2v) is 24.6. The molecule has 4 atom stereocenters. The number of ether oxygens (including phenoxy) is 2. The van der Waals surface area contributed by atoms with Crippen molar-refractivity contribution in [1.29, 1.82) is 0 Å². The Morgan fingerprint density at radius 1 is 0.726 bits per heavy atom. The highest BCUT2D eigenvalue weighted by molar-refractivity contribution is 6.91. The zero-order valence-electron chi connectivity index (χ0n) is 41.7. The topological polar surface area (TPSA) is 145 Å². The molecule has 6 aromatic rings. The van der Waals surface area contributed by atoms with Crippen molar-refractivity contribution in [3.63, 3.8) is 0 Å². The summed E-state index contributed by atoms with van der Waals surface area (Å²) in [5.74, 6) is -0.472. The largest absolute Gasteiger partial charge is 0.497 e. The summed E-state index contributed by atoms with van der Waals surface area (Å²) in [7, 11) is -1.07. The average molecular weight is 993 g/mol. The van der Waals surface area contributed by atoms with E-state index in [0.29, 0.717) is 48.4 Å². The smallest absolute Gasteiger partial charge is 0.264 e. The molecule has 1 N–H and O–H groups in total. The number of aliphatic hydroxyl groups is 1. The third-order valence-corrected chi connectivity index (χ3v) is 19.5. The van der Waals surface area contributed by atoms with Crippen molar-refractivity contribution < 1.29 is 33.8 Å². The van der Waals surface area contributed by atoms with E-state index < -0.39 is 25.7 Å². The second kappa shape index (κ2) is 20.5. The van der Waals surface area contributed by atoms with Crippen molar-refractivity contribution in [2.75, 3.05) is 35.2 Å². The van der Waals surface area contributed by atoms with Crippen molar-refractivity contribution in [1.82, 2.24) is 4.90 Å². The first kappa shape index (κ1) is 49.1. The van der Waals surface area contributed by atoms with Gasteiger partial charge in [-0.25, -0.2) is 10.0 Å². The van der Waals surface area contributed by atoms with Crippen LogP contribution in [0.15, 0.2) is 168 Å². The lowest BCUT2D eigenvalue weighted by Crippen LogP contribution is -2.52. The third kappa shape index (κ3) is 9.42. The minimum Gasteiger partial charge on any atom is -0.497 e. The predicted octanol–water partition coefficient (Wildman–Crippen LogP) is 8.93. The van der Waals surface area contributed by atoms with Gasteiger partial charge in [-0.1, -0.05) is 140 Å². The van der Waals surface area contributed by atoms with Gasteiger partial charge in [-0.3, -0.25) is 19.2 Å². The van der Waals surface area contributed by atoms with Crippen LogP contribution in [0.2, 0.25) is 18.6 Å². The van der Waals surface area contributed by atoms with Crippen LogP contribution in [0.25, 0.3) is 0 Å². The molecule has 372 valence electrons. The van der Waals surface area contributed by atoms with E-state index in [1.165, 1.54) is 10.0 Å². The van der Waals surface area contributed by atoms with E-state index >= 15 is 4.79 Å². The van der Waals surface area contributed by atoms with Gasteiger partial charge in [0.15, 0.2) is 5.60 Å². The molecule has 0 bridgehead atoms. The Labute approximate surface area is 427 Å². The summed E-state index contributed by atoms with van der Waals surface area (Å²) in [6.45, 7) is 7.00. The van der Waals surface area contributed by atoms with Gasteiger partial charge in [0.05, 0.1) is 69.3 Å². The quantitative estimate of drug-likeness (QED) is 0.101. The van der Waals surface area contributed by atoms with Gasteiger partial charge in [0.1, 0.15) is 5.75 Å². The number of carbonyl (C=O) groups is 4. The van der Waals surface area contributed by atoms with Gasteiger partial charge < -0.3 is 24.4 Å². The van der Waals surface area contributed by atoms with Crippen molar-refractivity contribution in [2.24, 2.45) is 16.1 Å². The highest BCUT2D eigenvalue weighted by Crippen LogP contribution is 2.61. The van der Waals surface area contributed by atoms with Gasteiger partial charge in [0.2, 0.25) is 17.7 Å². The van der Waals surface area contributed by atoms with Gasteiger partial charge >= 0.3 is 0 Å². The van der Waals surface area contributed by atoms with E-state index in [1.807, 2.05) is 146 Å². The number of nitrogens with zero attached hydrogens (tertiary/aromatic N) is 6. The van der Waals surface area contributed by atoms with Crippen LogP contribution >= 0.6 is 0 Å². The molecule has 1 spiro atoms. The zero-order chi connectivity index (χ0) is 50.9. The normalized spacial score (nSPS) is 20.8. The summed E-state index contributed by atoms with van der Waals surface area (Å²) >= 11 is 0. The Morgan fingerprint density at radius 3 is 1.86 bits per heavy atom. The number of anilines is 3. The summed E-state index contributed by atoms with van der Waals surface area (Å²) in [6, 6.07) is 50.6. The Hall–Kier alpha value is -7.52. The molecule has 14 heteroatoms. The summed E-state index contributed by atoms with van der Waals surface area (Å²) in [5, 5.41) is 24.0. The molecule has 4 amide bonds. The Bertz CT molecular complexity index is 3080. The summed E-state index contributed by atoms with van der Waals surface area (Å²) in [6.07, 6.45) is 0.884. The fraction of sp³-hybridized carbons (Fsp3) is 0.288. The number of hydrazone groups is 2. The maximum atomic E-state index is 16.0. The summed E-state index contributed by atoms with van der Waals surface area (Å²) < 4.78 is 13.0. The molecule has 1 fully saturated rings. The molecule has 4 aliphatic heterocycles. The number of rotatable bonds is 15. The minimum absolute atomic E-state index is 0.0288. The van der Waals surface area contributed by atoms with Crippen LogP contribution < -0.4 is 24.8 Å². The third-order valence-electron chi connectivity index (χ3n) is 15.2. The molecule has 6 aromatic carbocycles. The molecule has 0 radical (unpaired) electrons. The molecule has 0 unspecified atom stereocenters. The highest BCUT2D eigenvalue weighted by Gasteiger charge is 2.66. The summed E-state index contributed by atoms with van der Waals surface area (Å²) in [5.41, 5.74) is 5.76. The molecule has 4 heterocycles. The summed E-state index contributed by atoms with van der Waals surface area (Å²) in [4.78, 5) is 61.4. The highest BCUT2D eigenvalue weighted by atomic mass is 28.3. The molecule has 0 aromatic heterocycles. The molecule has 0 aliphatic carbocycles. The van der Waals surface area contributed by atoms with Crippen LogP contribution in [0.1, 0.15) is 66.8 Å². The Morgan fingerprint density at radius 2 is 1.29 bits per heavy atom. The van der Waals surface area contributed by atoms with Crippen LogP contribution in [0.4, 0.5) is 17.1 Å². The zero-order valence-corrected chi connectivity index (χ0v) is 42.7. The number of methoxy groups -OCH3 is 1. The van der Waals surface area contributed by atoms with Crippen molar-refractivity contribution >= 4 is 65.4 Å². The number of amides is 4. The van der Waals surface area contributed by atoms with Gasteiger partial charge in [-0.15, -0.1) is 0 Å². The number of aliphatic hydroxyl groups excluding tert-OH is 1. The predicted molar refractivity (Wildman–Crippen MR) is 287 cm³/mol. The van der Waals surface area contributed by atoms with Crippen LogP contribution in [-0.2, 0) is 42.6 Å². The van der Waals surface area contributed by atoms with Crippen LogP contribution in [-0.4, -0.2) is 79.5 Å². The van der Waals surface area contributed by atoms with Crippen molar-refractivity contribution in [2.45, 2.75) is 82.5 Å². The lowest BCUT2D eigenvalue weighted by molar-refractivity contribution is -0.150. The molecule has 0 saturated carbocycles. The van der Waals surface area contributed by atoms with E-state index in [1.54, 1.807) is 16.9 Å². The standard InChI is InChI=1S/C59H60N6O7Si/c1-40-57(73(3,4)48-27-25-47(71-2)26-28-48)53(37-56(69)62(34-35-66)38-41-14-8-5-9-15-41)72-59(40)49-36-46(65-55(68)33-30-51(61-65)44-18-12-7-13-19-44)24-31-52(49)63(58(59)70)39-42-20-22-45(23-21-42)64-54(67)32-29-50(60-64)43-16-10-6-11-17-43/h5-28,31,36,40,53,57,66H,29-30,32-35,37-39H2,1-4H3/t40-,53+,57-,59+/m1/s1. The van der Waals surface area contributed by atoms with Crippen LogP contribution in [0.5, 0.6) is 5.75 Å². The monoisotopic (exact) mass is 992 g/mol. The molecule has 4 aliphatic rings. The van der Waals surface area contributed by atoms with Crippen LogP contribution in [0.3, 0.4) is 0 Å². The number of hydrogen-bond donors (Lipinski definition) is 1. The molecule has 10 rings (SSSR count). The van der Waals surface area contributed by atoms with E-state index in [-0.39, 0.29) is 61.7 Å². The maximum absolute atomic E-state index is 16.0. The number of carbonyl (C=O) groups excluding carboxylic acids is 4. The van der Waals surface area contributed by atoms with Gasteiger partial charge in [-0.2, -0.15) is 10.2 Å². The average Bonchev–Trinajstić information content (AvgIpc) is 3.85. The second-order valence-electron chi connectivity index (χ2n) is 19.9. The SMILES string of the molecule is COc1ccc([Si](C)(C)[C@H]2[C@H](CC(=O)N(CCO)Cc3ccccc3)O[C@@]3(C(=O)N(Cc4ccc(N5N=C(c6ccccc6)CCC5=O)cc4)c4ccc(N5N=C(c6ccccc6)CCC5=O)cc43)[C@@H]2C)cc1. The van der Waals surface area contributed by atoms with E-state index in [4.69, 9.17) is 19.7 Å². The lowest BCUT2D eigenvalue weighted by atomic mass is 9.82. The molecular weight excluding hydrogens is 933 g/mol. The first-order chi connectivity index (χ1) is 35.4. The molecule has 73 heavy (non-hydrogen) atoms. The number of hydrogen-bond acceptors (Lipinski definition) is 9. The van der Waals surface area contributed by atoms with E-state index in [2.05, 4.69) is 32.2 Å². The fourth-order valence-corrected chi connectivity index (χ4v) is 15.4. The molecular formula is C59H60N6O7Si. The van der Waals surface area contributed by atoms with Crippen molar-refractivity contribution in [3.8, 4) is 5.75 Å². The minimum atomic E-state index is -2.70. The Kier molecular flexibility index (Phi) is 13.8.